The van der Waals surface area contributed by atoms with Gasteiger partial charge in [0.2, 0.25) is 0 Å². The van der Waals surface area contributed by atoms with E-state index < -0.39 is 6.89 Å². The third-order valence-electron chi connectivity index (χ3n) is 3.29. The molecular weight excluding hydrogens is 211 g/mol. The standard InChI is InChI=1S/C15H31P/c1-5-9-13-16(12-8-4,14-10-6-2)15-11-7-3/h8,12H,4-7,9-11,13-15H2,1-3H3. The summed E-state index contributed by atoms with van der Waals surface area (Å²) >= 11 is 0. The molecule has 0 amide bonds. The Bertz CT molecular complexity index is 187. The lowest BCUT2D eigenvalue weighted by Crippen LogP contribution is -2.03. The Morgan fingerprint density at radius 2 is 1.19 bits per heavy atom. The van der Waals surface area contributed by atoms with Gasteiger partial charge in [-0.05, 0) is 37.7 Å². The minimum absolute atomic E-state index is 0.789. The van der Waals surface area contributed by atoms with Gasteiger partial charge in [0.15, 0.2) is 0 Å². The SMILES string of the molecule is C=CC=P(CCCC)(CCCC)CCCC. The molecule has 0 nitrogen and oxygen atoms in total. The van der Waals surface area contributed by atoms with E-state index in [4.69, 9.17) is 0 Å². The van der Waals surface area contributed by atoms with Gasteiger partial charge in [0.1, 0.15) is 0 Å². The molecule has 0 rings (SSSR count). The number of hydrogen-bond donors (Lipinski definition) is 0. The van der Waals surface area contributed by atoms with Crippen LogP contribution in [0.2, 0.25) is 0 Å². The molecule has 0 saturated carbocycles. The molecule has 0 radical (unpaired) electrons. The quantitative estimate of drug-likeness (QED) is 0.450. The van der Waals surface area contributed by atoms with Crippen molar-refractivity contribution in [2.75, 3.05) is 18.5 Å². The van der Waals surface area contributed by atoms with Crippen molar-refractivity contribution in [2.24, 2.45) is 0 Å². The van der Waals surface area contributed by atoms with Gasteiger partial charge in [-0.1, -0.05) is 58.5 Å². The van der Waals surface area contributed by atoms with Gasteiger partial charge in [-0.15, -0.1) is 6.89 Å². The van der Waals surface area contributed by atoms with Crippen molar-refractivity contribution in [1.82, 2.24) is 0 Å². The van der Waals surface area contributed by atoms with E-state index in [0.29, 0.717) is 0 Å². The number of unbranched alkanes of at least 4 members (excludes halogenated alkanes) is 3. The normalized spacial score (nSPS) is 11.4. The van der Waals surface area contributed by atoms with Crippen LogP contribution in [0.1, 0.15) is 59.3 Å². The molecule has 96 valence electrons. The first-order chi connectivity index (χ1) is 7.74. The topological polar surface area (TPSA) is 0 Å². The summed E-state index contributed by atoms with van der Waals surface area (Å²) in [5.74, 6) is 2.51. The predicted molar refractivity (Wildman–Crippen MR) is 82.5 cm³/mol. The van der Waals surface area contributed by atoms with Gasteiger partial charge in [0.05, 0.1) is 0 Å². The molecule has 0 fully saturated rings. The molecule has 0 spiro atoms. The van der Waals surface area contributed by atoms with E-state index in [2.05, 4.69) is 39.2 Å². The molecule has 0 aliphatic rings. The van der Waals surface area contributed by atoms with Gasteiger partial charge in [-0.2, -0.15) is 0 Å². The zero-order chi connectivity index (χ0) is 12.3. The molecule has 0 N–H and O–H groups in total. The lowest BCUT2D eigenvalue weighted by atomic mass is 10.4. The Morgan fingerprint density at radius 1 is 0.812 bits per heavy atom. The van der Waals surface area contributed by atoms with Crippen molar-refractivity contribution in [3.05, 3.63) is 12.7 Å². The zero-order valence-electron chi connectivity index (χ0n) is 11.7. The van der Waals surface area contributed by atoms with Gasteiger partial charge >= 0.3 is 0 Å². The first kappa shape index (κ1) is 16.0. The second-order valence-electron chi connectivity index (χ2n) is 4.83. The Balaban J connectivity index is 4.59. The van der Waals surface area contributed by atoms with E-state index in [1.807, 2.05) is 0 Å². The first-order valence-corrected chi connectivity index (χ1v) is 9.48. The number of allylic oxidation sites excluding steroid dienone is 1. The summed E-state index contributed by atoms with van der Waals surface area (Å²) in [6.45, 7) is 10.1. The maximum atomic E-state index is 3.94. The van der Waals surface area contributed by atoms with Crippen molar-refractivity contribution in [3.63, 3.8) is 0 Å². The maximum absolute atomic E-state index is 3.94. The molecule has 1 heteroatoms. The van der Waals surface area contributed by atoms with Crippen LogP contribution in [0.25, 0.3) is 0 Å². The van der Waals surface area contributed by atoms with Crippen molar-refractivity contribution in [1.29, 1.82) is 0 Å². The van der Waals surface area contributed by atoms with Crippen molar-refractivity contribution >= 4 is 12.7 Å². The lowest BCUT2D eigenvalue weighted by Gasteiger charge is -2.26. The van der Waals surface area contributed by atoms with E-state index in [9.17, 15) is 0 Å². The van der Waals surface area contributed by atoms with E-state index in [-0.39, 0.29) is 0 Å². The number of rotatable bonds is 10. The Morgan fingerprint density at radius 3 is 1.44 bits per heavy atom. The molecule has 0 aliphatic heterocycles. The molecule has 0 bridgehead atoms. The molecular formula is C15H31P. The molecule has 0 atom stereocenters. The molecule has 16 heavy (non-hydrogen) atoms. The summed E-state index contributed by atoms with van der Waals surface area (Å²) in [6.07, 6.45) is 14.7. The van der Waals surface area contributed by atoms with Crippen LogP contribution in [0.15, 0.2) is 12.7 Å². The first-order valence-electron chi connectivity index (χ1n) is 7.07. The highest BCUT2D eigenvalue weighted by Gasteiger charge is 2.14. The van der Waals surface area contributed by atoms with Crippen LogP contribution in [-0.4, -0.2) is 24.3 Å². The van der Waals surface area contributed by atoms with Crippen LogP contribution in [-0.2, 0) is 0 Å². The van der Waals surface area contributed by atoms with Crippen LogP contribution in [0.4, 0.5) is 0 Å². The van der Waals surface area contributed by atoms with Crippen LogP contribution in [0.5, 0.6) is 0 Å². The largest absolute Gasteiger partial charge is 0.105 e. The van der Waals surface area contributed by atoms with Gasteiger partial charge in [-0.25, -0.2) is 0 Å². The summed E-state index contributed by atoms with van der Waals surface area (Å²) in [5.41, 5.74) is 0. The minimum atomic E-state index is -0.789. The molecule has 0 aromatic carbocycles. The molecule has 0 aliphatic carbocycles. The fraction of sp³-hybridized carbons (Fsp3) is 0.800. The second kappa shape index (κ2) is 10.2. The van der Waals surface area contributed by atoms with Crippen molar-refractivity contribution < 1.29 is 0 Å². The Kier molecular flexibility index (Phi) is 10.2. The smallest absolute Gasteiger partial charge is 0.0327 e. The number of hydrogen-bond acceptors (Lipinski definition) is 0. The second-order valence-corrected chi connectivity index (χ2v) is 8.91. The van der Waals surface area contributed by atoms with Gasteiger partial charge in [-0.3, -0.25) is 0 Å². The van der Waals surface area contributed by atoms with E-state index in [1.165, 1.54) is 57.0 Å². The molecule has 0 heterocycles. The summed E-state index contributed by atoms with van der Waals surface area (Å²) in [5, 5.41) is 0. The zero-order valence-corrected chi connectivity index (χ0v) is 12.6. The summed E-state index contributed by atoms with van der Waals surface area (Å²) in [4.78, 5) is 0. The fourth-order valence-electron chi connectivity index (χ4n) is 2.20. The van der Waals surface area contributed by atoms with Crippen molar-refractivity contribution in [2.45, 2.75) is 59.3 Å². The van der Waals surface area contributed by atoms with Crippen LogP contribution >= 0.6 is 6.89 Å². The highest BCUT2D eigenvalue weighted by atomic mass is 31.2. The Hall–Kier alpha value is 0.0400. The van der Waals surface area contributed by atoms with Gasteiger partial charge < -0.3 is 0 Å². The summed E-state index contributed by atoms with van der Waals surface area (Å²) in [6, 6.07) is 0. The average Bonchev–Trinajstić information content (AvgIpc) is 2.31. The van der Waals surface area contributed by atoms with Crippen LogP contribution in [0.3, 0.4) is 0 Å². The van der Waals surface area contributed by atoms with E-state index in [1.54, 1.807) is 0 Å². The predicted octanol–water partition coefficient (Wildman–Crippen LogP) is 5.39. The molecule has 0 saturated heterocycles. The third kappa shape index (κ3) is 6.59. The monoisotopic (exact) mass is 242 g/mol. The Labute approximate surface area is 104 Å². The highest BCUT2D eigenvalue weighted by Crippen LogP contribution is 2.49. The summed E-state index contributed by atoms with van der Waals surface area (Å²) in [7, 11) is 0. The third-order valence-corrected chi connectivity index (χ3v) is 7.76. The molecule has 0 aromatic rings. The van der Waals surface area contributed by atoms with E-state index in [0.717, 1.165) is 0 Å². The average molecular weight is 242 g/mol. The minimum Gasteiger partial charge on any atom is -0.105 e. The fourth-order valence-corrected chi connectivity index (χ4v) is 6.60. The van der Waals surface area contributed by atoms with Crippen LogP contribution < -0.4 is 0 Å². The molecule has 0 aromatic heterocycles. The highest BCUT2D eigenvalue weighted by molar-refractivity contribution is 7.75. The maximum Gasteiger partial charge on any atom is -0.0327 e. The van der Waals surface area contributed by atoms with E-state index >= 15 is 0 Å². The summed E-state index contributed by atoms with van der Waals surface area (Å²) < 4.78 is 0. The lowest BCUT2D eigenvalue weighted by molar-refractivity contribution is 0.845. The molecule has 0 unspecified atom stereocenters. The van der Waals surface area contributed by atoms with Gasteiger partial charge in [0, 0.05) is 0 Å². The van der Waals surface area contributed by atoms with Gasteiger partial charge in [0.25, 0.3) is 0 Å². The van der Waals surface area contributed by atoms with Crippen LogP contribution in [0, 0.1) is 0 Å². The van der Waals surface area contributed by atoms with Crippen molar-refractivity contribution in [3.8, 4) is 0 Å².